The van der Waals surface area contributed by atoms with Crippen molar-refractivity contribution in [3.05, 3.63) is 35.9 Å². The lowest BCUT2D eigenvalue weighted by Crippen LogP contribution is -2.53. The number of nitrogens with two attached hydrogens (primary N) is 1. The third-order valence-corrected chi connectivity index (χ3v) is 7.42. The minimum Gasteiger partial charge on any atom is -0.480 e. The highest BCUT2D eigenvalue weighted by atomic mass is 16.4. The number of nitrogens with one attached hydrogen (secondary N) is 2. The first-order valence-electron chi connectivity index (χ1n) is 14.9. The molecule has 0 bridgehead atoms. The predicted molar refractivity (Wildman–Crippen MR) is 164 cm³/mol. The lowest BCUT2D eigenvalue weighted by Gasteiger charge is -2.34. The van der Waals surface area contributed by atoms with Gasteiger partial charge in [0.1, 0.15) is 0 Å². The van der Waals surface area contributed by atoms with Crippen molar-refractivity contribution >= 4 is 41.6 Å². The summed E-state index contributed by atoms with van der Waals surface area (Å²) in [5.74, 6) is -6.78. The summed E-state index contributed by atoms with van der Waals surface area (Å²) in [4.78, 5) is 88.5. The van der Waals surface area contributed by atoms with Gasteiger partial charge in [-0.2, -0.15) is 0 Å². The summed E-state index contributed by atoms with van der Waals surface area (Å²) in [6, 6.07) is 8.29. The molecular weight excluding hydrogens is 622 g/mol. The largest absolute Gasteiger partial charge is 0.480 e. The van der Waals surface area contributed by atoms with Crippen LogP contribution in [0.5, 0.6) is 0 Å². The second-order valence-corrected chi connectivity index (χ2v) is 11.2. The van der Waals surface area contributed by atoms with Crippen LogP contribution in [0.15, 0.2) is 30.3 Å². The second-order valence-electron chi connectivity index (χ2n) is 11.2. The second kappa shape index (κ2) is 19.8. The Morgan fingerprint density at radius 3 is 1.60 bits per heavy atom. The van der Waals surface area contributed by atoms with Gasteiger partial charge in [0.2, 0.25) is 11.8 Å². The summed E-state index contributed by atoms with van der Waals surface area (Å²) in [5.41, 5.74) is 11.6. The van der Waals surface area contributed by atoms with Gasteiger partial charge in [0.05, 0.1) is 38.8 Å². The van der Waals surface area contributed by atoms with Gasteiger partial charge in [-0.3, -0.25) is 59.1 Å². The molecule has 18 heteroatoms. The minimum atomic E-state index is -1.25. The Labute approximate surface area is 271 Å². The first-order chi connectivity index (χ1) is 22.2. The molecule has 0 aliphatic carbocycles. The van der Waals surface area contributed by atoms with Crippen LogP contribution in [0.3, 0.4) is 0 Å². The molecule has 8 N–H and O–H groups in total. The maximum atomic E-state index is 13.2. The van der Waals surface area contributed by atoms with Crippen LogP contribution in [0.2, 0.25) is 0 Å². The average Bonchev–Trinajstić information content (AvgIpc) is 3.00. The highest BCUT2D eigenvalue weighted by Crippen LogP contribution is 2.17. The van der Waals surface area contributed by atoms with Gasteiger partial charge >= 0.3 is 23.9 Å². The molecule has 2 rings (SSSR count). The van der Waals surface area contributed by atoms with Crippen LogP contribution in [0, 0.1) is 5.92 Å². The monoisotopic (exact) mass is 665 g/mol. The van der Waals surface area contributed by atoms with E-state index in [0.29, 0.717) is 12.8 Å². The lowest BCUT2D eigenvalue weighted by atomic mass is 9.96. The van der Waals surface area contributed by atoms with E-state index in [-0.39, 0.29) is 58.1 Å². The predicted octanol–water partition coefficient (Wildman–Crippen LogP) is -2.81. The summed E-state index contributed by atoms with van der Waals surface area (Å²) >= 11 is 0. The molecule has 47 heavy (non-hydrogen) atoms. The van der Waals surface area contributed by atoms with Gasteiger partial charge in [-0.1, -0.05) is 30.3 Å². The highest BCUT2D eigenvalue weighted by Gasteiger charge is 2.29. The number of hydrogen-bond donors (Lipinski definition) is 7. The van der Waals surface area contributed by atoms with E-state index in [1.165, 1.54) is 4.90 Å². The summed E-state index contributed by atoms with van der Waals surface area (Å²) in [5, 5.41) is 36.6. The van der Waals surface area contributed by atoms with Gasteiger partial charge in [0.25, 0.3) is 5.91 Å². The Balaban J connectivity index is 1.94. The fourth-order valence-electron chi connectivity index (χ4n) is 4.99. The van der Waals surface area contributed by atoms with Crippen molar-refractivity contribution in [1.29, 1.82) is 0 Å². The van der Waals surface area contributed by atoms with Gasteiger partial charge in [-0.05, 0) is 24.8 Å². The van der Waals surface area contributed by atoms with E-state index in [0.717, 1.165) is 15.4 Å². The van der Waals surface area contributed by atoms with Crippen molar-refractivity contribution < 1.29 is 54.0 Å². The van der Waals surface area contributed by atoms with Crippen molar-refractivity contribution in [1.82, 2.24) is 30.5 Å². The molecule has 3 amide bonds. The molecule has 1 aliphatic rings. The Bertz CT molecular complexity index is 1170. The molecule has 1 heterocycles. The fourth-order valence-corrected chi connectivity index (χ4v) is 4.99. The van der Waals surface area contributed by atoms with E-state index < -0.39 is 73.8 Å². The Morgan fingerprint density at radius 1 is 0.702 bits per heavy atom. The molecule has 1 fully saturated rings. The molecule has 1 aliphatic heterocycles. The number of rotatable bonds is 20. The zero-order chi connectivity index (χ0) is 34.9. The molecule has 0 radical (unpaired) electrons. The fraction of sp³-hybridized carbons (Fsp3) is 0.552. The van der Waals surface area contributed by atoms with Gasteiger partial charge in [0, 0.05) is 45.2 Å². The number of carbonyl (C=O) groups is 7. The smallest absolute Gasteiger partial charge is 0.317 e. The van der Waals surface area contributed by atoms with Gasteiger partial charge in [-0.25, -0.2) is 0 Å². The first kappa shape index (κ1) is 38.5. The van der Waals surface area contributed by atoms with Crippen LogP contribution >= 0.6 is 0 Å². The van der Waals surface area contributed by atoms with Crippen molar-refractivity contribution in [3.8, 4) is 0 Å². The van der Waals surface area contributed by atoms with E-state index in [4.69, 9.17) is 26.2 Å². The number of likely N-dealkylation sites (tertiary alicyclic amines) is 1. The number of carbonyl (C=O) groups excluding carboxylic acids is 3. The third-order valence-electron chi connectivity index (χ3n) is 7.42. The molecule has 1 saturated heterocycles. The van der Waals surface area contributed by atoms with Crippen LogP contribution in [0.1, 0.15) is 18.4 Å². The number of benzene rings is 1. The van der Waals surface area contributed by atoms with Crippen molar-refractivity contribution in [3.63, 3.8) is 0 Å². The Kier molecular flexibility index (Phi) is 16.2. The third kappa shape index (κ3) is 15.5. The van der Waals surface area contributed by atoms with Crippen molar-refractivity contribution in [2.45, 2.75) is 25.3 Å². The van der Waals surface area contributed by atoms with Gasteiger partial charge in [0.15, 0.2) is 0 Å². The van der Waals surface area contributed by atoms with E-state index in [9.17, 15) is 33.6 Å². The molecule has 0 saturated carbocycles. The summed E-state index contributed by atoms with van der Waals surface area (Å²) in [6.07, 6.45) is 0.896. The maximum absolute atomic E-state index is 13.2. The van der Waals surface area contributed by atoms with E-state index in [2.05, 4.69) is 10.9 Å². The van der Waals surface area contributed by atoms with E-state index in [1.54, 1.807) is 4.90 Å². The van der Waals surface area contributed by atoms with Crippen molar-refractivity contribution in [2.75, 3.05) is 72.0 Å². The molecule has 1 aromatic rings. The number of aliphatic carboxylic acids is 4. The molecule has 0 unspecified atom stereocenters. The molecule has 1 atom stereocenters. The number of nitrogens with zero attached hydrogens (tertiary/aromatic N) is 4. The maximum Gasteiger partial charge on any atom is 0.317 e. The quantitative estimate of drug-likeness (QED) is 0.0693. The highest BCUT2D eigenvalue weighted by molar-refractivity contribution is 5.86. The summed E-state index contributed by atoms with van der Waals surface area (Å²) < 4.78 is 0. The summed E-state index contributed by atoms with van der Waals surface area (Å²) in [6.45, 7) is -2.04. The number of hydrazine groups is 1. The number of hydrogen-bond acceptors (Lipinski definition) is 11. The van der Waals surface area contributed by atoms with Crippen LogP contribution in [-0.2, 0) is 40.0 Å². The first-order valence-corrected chi connectivity index (χ1v) is 14.9. The summed E-state index contributed by atoms with van der Waals surface area (Å²) in [7, 11) is 0. The zero-order valence-electron chi connectivity index (χ0n) is 26.0. The van der Waals surface area contributed by atoms with Crippen LogP contribution in [0.25, 0.3) is 0 Å². The molecule has 260 valence electrons. The number of piperidine rings is 1. The topological polar surface area (TPSA) is 263 Å². The molecule has 0 spiro atoms. The number of carboxylic acid groups (broad SMARTS) is 4. The Morgan fingerprint density at radius 2 is 1.15 bits per heavy atom. The molecule has 18 nitrogen and oxygen atoms in total. The number of carboxylic acids is 4. The van der Waals surface area contributed by atoms with Crippen LogP contribution in [-0.4, -0.2) is 160 Å². The standard InChI is InChI=1S/C29H43N7O11/c30-22(14-20-4-2-1-3-5-20)29(47)32-31-28(46)21-6-8-36(9-7-21)23(37)15-33(10-12-34(16-24(38)39)17-25(40)41)11-13-35(18-26(42)43)19-27(44)45/h1-5,21-22H,6-19,30H2,(H,31,46)(H,32,47)(H,38,39)(H,40,41)(H,42,43)(H,44,45)/t22-/m1/s1. The minimum absolute atomic E-state index is 0.0330. The SMILES string of the molecule is N[C@H](Cc1ccccc1)C(=O)NNC(=O)C1CCN(C(=O)CN(CCN(CC(=O)O)CC(=O)O)CCN(CC(=O)O)CC(=O)O)CC1. The molecular formula is C29H43N7O11. The normalized spacial score (nSPS) is 14.2. The van der Waals surface area contributed by atoms with Gasteiger partial charge < -0.3 is 31.1 Å². The number of amides is 3. The lowest BCUT2D eigenvalue weighted by molar-refractivity contribution is -0.143. The average molecular weight is 666 g/mol. The van der Waals surface area contributed by atoms with Gasteiger partial charge in [-0.15, -0.1) is 0 Å². The zero-order valence-corrected chi connectivity index (χ0v) is 26.0. The van der Waals surface area contributed by atoms with Crippen LogP contribution in [0.4, 0.5) is 0 Å². The molecule has 0 aromatic heterocycles. The molecule has 1 aromatic carbocycles. The van der Waals surface area contributed by atoms with E-state index >= 15 is 0 Å². The van der Waals surface area contributed by atoms with E-state index in [1.807, 2.05) is 30.3 Å². The van der Waals surface area contributed by atoms with Crippen molar-refractivity contribution in [2.24, 2.45) is 11.7 Å². The van der Waals surface area contributed by atoms with Crippen LogP contribution < -0.4 is 16.6 Å². The Hall–Kier alpha value is -4.65.